The van der Waals surface area contributed by atoms with Crippen molar-refractivity contribution in [3.63, 3.8) is 0 Å². The van der Waals surface area contributed by atoms with E-state index in [1.54, 1.807) is 19.9 Å². The summed E-state index contributed by atoms with van der Waals surface area (Å²) in [7, 11) is 0. The summed E-state index contributed by atoms with van der Waals surface area (Å²) in [5.41, 5.74) is -0.995. The van der Waals surface area contributed by atoms with Crippen molar-refractivity contribution in [1.82, 2.24) is 0 Å². The van der Waals surface area contributed by atoms with Gasteiger partial charge in [-0.05, 0) is 26.3 Å². The average molecular weight is 168 g/mol. The molecule has 1 aliphatic rings. The Morgan fingerprint density at radius 2 is 2.17 bits per heavy atom. The van der Waals surface area contributed by atoms with Crippen LogP contribution in [0.2, 0.25) is 0 Å². The minimum absolute atomic E-state index is 0.164. The molecule has 0 fully saturated rings. The van der Waals surface area contributed by atoms with E-state index in [4.69, 9.17) is 0 Å². The summed E-state index contributed by atoms with van der Waals surface area (Å²) >= 11 is 0. The maximum Gasteiger partial charge on any atom is 0.155 e. The molecule has 2 heteroatoms. The van der Waals surface area contributed by atoms with E-state index in [1.165, 1.54) is 0 Å². The Morgan fingerprint density at radius 3 is 2.50 bits per heavy atom. The van der Waals surface area contributed by atoms with Crippen LogP contribution in [0.3, 0.4) is 0 Å². The van der Waals surface area contributed by atoms with Gasteiger partial charge in [0.2, 0.25) is 0 Å². The molecular weight excluding hydrogens is 152 g/mol. The molecule has 0 saturated heterocycles. The molecule has 1 unspecified atom stereocenters. The Morgan fingerprint density at radius 1 is 1.58 bits per heavy atom. The molecule has 0 bridgehead atoms. The Hall–Kier alpha value is -0.630. The first kappa shape index (κ1) is 9.46. The van der Waals surface area contributed by atoms with Crippen LogP contribution in [-0.4, -0.2) is 16.5 Å². The fraction of sp³-hybridized carbons (Fsp3) is 0.700. The van der Waals surface area contributed by atoms with E-state index in [0.717, 1.165) is 6.42 Å². The number of hydrogen-bond donors (Lipinski definition) is 1. The first-order valence-corrected chi connectivity index (χ1v) is 4.30. The quantitative estimate of drug-likeness (QED) is 0.646. The van der Waals surface area contributed by atoms with Crippen LogP contribution in [0, 0.1) is 5.41 Å². The first-order valence-electron chi connectivity index (χ1n) is 4.30. The largest absolute Gasteiger partial charge is 0.390 e. The van der Waals surface area contributed by atoms with Gasteiger partial charge in [0.25, 0.3) is 0 Å². The molecule has 0 aromatic carbocycles. The SMILES string of the molecule is CC(C)(O)C1(C)C=CC(=O)CC1. The summed E-state index contributed by atoms with van der Waals surface area (Å²) < 4.78 is 0. The third-order valence-electron chi connectivity index (χ3n) is 2.93. The number of ketones is 1. The second-order valence-corrected chi connectivity index (χ2v) is 4.28. The Balaban J connectivity index is 2.88. The smallest absolute Gasteiger partial charge is 0.155 e. The molecule has 0 heterocycles. The Bertz CT molecular complexity index is 222. The Kier molecular flexibility index (Phi) is 2.13. The number of hydrogen-bond acceptors (Lipinski definition) is 2. The van der Waals surface area contributed by atoms with Gasteiger partial charge >= 0.3 is 0 Å². The van der Waals surface area contributed by atoms with E-state index >= 15 is 0 Å². The number of carbonyl (C=O) groups is 1. The number of carbonyl (C=O) groups excluding carboxylic acids is 1. The summed E-state index contributed by atoms with van der Waals surface area (Å²) in [6.07, 6.45) is 4.71. The second-order valence-electron chi connectivity index (χ2n) is 4.28. The third kappa shape index (κ3) is 1.58. The number of rotatable bonds is 1. The van der Waals surface area contributed by atoms with Crippen LogP contribution in [0.15, 0.2) is 12.2 Å². The lowest BCUT2D eigenvalue weighted by Gasteiger charge is -2.39. The van der Waals surface area contributed by atoms with E-state index in [9.17, 15) is 9.90 Å². The van der Waals surface area contributed by atoms with Crippen molar-refractivity contribution < 1.29 is 9.90 Å². The molecule has 68 valence electrons. The minimum atomic E-state index is -0.746. The zero-order valence-corrected chi connectivity index (χ0v) is 7.92. The molecule has 0 spiro atoms. The fourth-order valence-corrected chi connectivity index (χ4v) is 1.34. The van der Waals surface area contributed by atoms with Gasteiger partial charge in [0.05, 0.1) is 5.60 Å². The molecule has 0 amide bonds. The molecule has 0 aliphatic heterocycles. The highest BCUT2D eigenvalue weighted by Gasteiger charge is 2.38. The maximum atomic E-state index is 10.9. The van der Waals surface area contributed by atoms with Gasteiger partial charge in [0.15, 0.2) is 5.78 Å². The molecule has 0 aromatic rings. The molecule has 0 radical (unpaired) electrons. The van der Waals surface area contributed by atoms with Crippen LogP contribution in [-0.2, 0) is 4.79 Å². The second kappa shape index (κ2) is 2.70. The highest BCUT2D eigenvalue weighted by Crippen LogP contribution is 2.39. The third-order valence-corrected chi connectivity index (χ3v) is 2.93. The van der Waals surface area contributed by atoms with Gasteiger partial charge in [-0.2, -0.15) is 0 Å². The van der Waals surface area contributed by atoms with Crippen molar-refractivity contribution in [1.29, 1.82) is 0 Å². The van der Waals surface area contributed by atoms with Gasteiger partial charge in [0.1, 0.15) is 0 Å². The van der Waals surface area contributed by atoms with Crippen molar-refractivity contribution in [2.75, 3.05) is 0 Å². The fourth-order valence-electron chi connectivity index (χ4n) is 1.34. The summed E-state index contributed by atoms with van der Waals surface area (Å²) in [6.45, 7) is 5.55. The summed E-state index contributed by atoms with van der Waals surface area (Å²) in [6, 6.07) is 0. The number of allylic oxidation sites excluding steroid dienone is 1. The predicted octanol–water partition coefficient (Wildman–Crippen LogP) is 1.68. The van der Waals surface area contributed by atoms with Gasteiger partial charge < -0.3 is 5.11 Å². The topological polar surface area (TPSA) is 37.3 Å². The van der Waals surface area contributed by atoms with Crippen molar-refractivity contribution in [3.05, 3.63) is 12.2 Å². The average Bonchev–Trinajstić information content (AvgIpc) is 1.93. The molecule has 0 saturated carbocycles. The first-order chi connectivity index (χ1) is 5.35. The van der Waals surface area contributed by atoms with E-state index < -0.39 is 5.60 Å². The lowest BCUT2D eigenvalue weighted by molar-refractivity contribution is -0.117. The molecule has 1 atom stereocenters. The van der Waals surface area contributed by atoms with Crippen LogP contribution >= 0.6 is 0 Å². The van der Waals surface area contributed by atoms with Crippen LogP contribution in [0.25, 0.3) is 0 Å². The van der Waals surface area contributed by atoms with Crippen molar-refractivity contribution in [2.45, 2.75) is 39.2 Å². The molecule has 1 aliphatic carbocycles. The van der Waals surface area contributed by atoms with Gasteiger partial charge in [-0.1, -0.05) is 13.0 Å². The molecule has 0 aromatic heterocycles. The summed E-state index contributed by atoms with van der Waals surface area (Å²) in [5.74, 6) is 0.164. The summed E-state index contributed by atoms with van der Waals surface area (Å²) in [4.78, 5) is 10.9. The zero-order valence-electron chi connectivity index (χ0n) is 7.92. The zero-order chi connectivity index (χ0) is 9.41. The molecular formula is C10H16O2. The standard InChI is InChI=1S/C10H16O2/c1-9(2,12)10(3)6-4-8(11)5-7-10/h4,6,12H,5,7H2,1-3H3. The highest BCUT2D eigenvalue weighted by molar-refractivity contribution is 5.90. The normalized spacial score (nSPS) is 30.8. The van der Waals surface area contributed by atoms with Crippen LogP contribution < -0.4 is 0 Å². The van der Waals surface area contributed by atoms with Gasteiger partial charge in [-0.3, -0.25) is 4.79 Å². The van der Waals surface area contributed by atoms with Crippen molar-refractivity contribution in [2.24, 2.45) is 5.41 Å². The molecule has 12 heavy (non-hydrogen) atoms. The lowest BCUT2D eigenvalue weighted by Crippen LogP contribution is -2.41. The number of aliphatic hydroxyl groups is 1. The van der Waals surface area contributed by atoms with Gasteiger partial charge in [-0.25, -0.2) is 0 Å². The van der Waals surface area contributed by atoms with E-state index in [2.05, 4.69) is 0 Å². The highest BCUT2D eigenvalue weighted by atomic mass is 16.3. The van der Waals surface area contributed by atoms with E-state index in [-0.39, 0.29) is 11.2 Å². The van der Waals surface area contributed by atoms with Crippen molar-refractivity contribution in [3.8, 4) is 0 Å². The van der Waals surface area contributed by atoms with Crippen LogP contribution in [0.5, 0.6) is 0 Å². The van der Waals surface area contributed by atoms with E-state index in [0.29, 0.717) is 6.42 Å². The summed E-state index contributed by atoms with van der Waals surface area (Å²) in [5, 5.41) is 9.83. The molecule has 1 N–H and O–H groups in total. The van der Waals surface area contributed by atoms with Crippen LogP contribution in [0.4, 0.5) is 0 Å². The Labute approximate surface area is 73.3 Å². The van der Waals surface area contributed by atoms with Gasteiger partial charge in [-0.15, -0.1) is 0 Å². The predicted molar refractivity (Wildman–Crippen MR) is 47.8 cm³/mol. The van der Waals surface area contributed by atoms with Crippen molar-refractivity contribution >= 4 is 5.78 Å². The van der Waals surface area contributed by atoms with Gasteiger partial charge in [0, 0.05) is 11.8 Å². The molecule has 2 nitrogen and oxygen atoms in total. The van der Waals surface area contributed by atoms with Crippen LogP contribution in [0.1, 0.15) is 33.6 Å². The maximum absolute atomic E-state index is 10.9. The minimum Gasteiger partial charge on any atom is -0.390 e. The van der Waals surface area contributed by atoms with E-state index in [1.807, 2.05) is 13.0 Å². The lowest BCUT2D eigenvalue weighted by atomic mass is 9.69. The monoisotopic (exact) mass is 168 g/mol. The molecule has 1 rings (SSSR count).